The number of nitrogens with one attached hydrogen (secondary N) is 2. The molecule has 6 nitrogen and oxygen atoms in total. The van der Waals surface area contributed by atoms with Crippen LogP contribution in [0.2, 0.25) is 0 Å². The van der Waals surface area contributed by atoms with Gasteiger partial charge in [-0.2, -0.15) is 17.4 Å². The fourth-order valence-corrected chi connectivity index (χ4v) is 3.48. The molecule has 0 aromatic heterocycles. The summed E-state index contributed by atoms with van der Waals surface area (Å²) < 4.78 is 33.3. The SMILES string of the molecule is CCOCCNS(=O)(=O)N1CCCC(CNC)C1. The maximum absolute atomic E-state index is 12.0. The number of hydrogen-bond donors (Lipinski definition) is 2. The van der Waals surface area contributed by atoms with Crippen LogP contribution in [0.5, 0.6) is 0 Å². The molecule has 0 bridgehead atoms. The minimum absolute atomic E-state index is 0.337. The highest BCUT2D eigenvalue weighted by atomic mass is 32.2. The molecule has 1 atom stereocenters. The maximum Gasteiger partial charge on any atom is 0.279 e. The Kier molecular flexibility index (Phi) is 7.10. The first-order valence-electron chi connectivity index (χ1n) is 6.57. The first kappa shape index (κ1) is 15.8. The molecule has 0 amide bonds. The van der Waals surface area contributed by atoms with Gasteiger partial charge in [0.25, 0.3) is 10.2 Å². The smallest absolute Gasteiger partial charge is 0.279 e. The summed E-state index contributed by atoms with van der Waals surface area (Å²) in [7, 11) is -1.44. The van der Waals surface area contributed by atoms with Crippen molar-refractivity contribution >= 4 is 10.2 Å². The lowest BCUT2D eigenvalue weighted by atomic mass is 10.00. The molecular weight excluding hydrogens is 254 g/mol. The minimum atomic E-state index is -3.34. The van der Waals surface area contributed by atoms with Gasteiger partial charge >= 0.3 is 0 Å². The molecule has 1 aliphatic rings. The van der Waals surface area contributed by atoms with Gasteiger partial charge in [-0.15, -0.1) is 0 Å². The maximum atomic E-state index is 12.0. The lowest BCUT2D eigenvalue weighted by Crippen LogP contribution is -2.48. The molecule has 1 rings (SSSR count). The van der Waals surface area contributed by atoms with E-state index in [0.29, 0.717) is 38.8 Å². The Hall–Kier alpha value is -0.210. The van der Waals surface area contributed by atoms with E-state index in [1.165, 1.54) is 0 Å². The van der Waals surface area contributed by atoms with Crippen molar-refractivity contribution in [3.05, 3.63) is 0 Å². The Morgan fingerprint density at radius 3 is 2.89 bits per heavy atom. The second-order valence-electron chi connectivity index (χ2n) is 4.52. The lowest BCUT2D eigenvalue weighted by molar-refractivity contribution is 0.152. The summed E-state index contributed by atoms with van der Waals surface area (Å²) in [5.41, 5.74) is 0. The number of hydrogen-bond acceptors (Lipinski definition) is 4. The Bertz CT molecular complexity index is 319. The van der Waals surface area contributed by atoms with Crippen molar-refractivity contribution in [2.75, 3.05) is 46.4 Å². The summed E-state index contributed by atoms with van der Waals surface area (Å²) in [6.45, 7) is 5.34. The van der Waals surface area contributed by atoms with E-state index in [4.69, 9.17) is 4.74 Å². The van der Waals surface area contributed by atoms with E-state index in [1.807, 2.05) is 14.0 Å². The normalized spacial score (nSPS) is 22.2. The lowest BCUT2D eigenvalue weighted by Gasteiger charge is -2.31. The standard InChI is InChI=1S/C11H25N3O3S/c1-3-17-8-6-13-18(15,16)14-7-4-5-11(10-14)9-12-2/h11-13H,3-10H2,1-2H3. The summed E-state index contributed by atoms with van der Waals surface area (Å²) >= 11 is 0. The molecular formula is C11H25N3O3S. The van der Waals surface area contributed by atoms with Gasteiger partial charge in [-0.3, -0.25) is 0 Å². The van der Waals surface area contributed by atoms with Gasteiger partial charge in [0.2, 0.25) is 0 Å². The molecule has 2 N–H and O–H groups in total. The summed E-state index contributed by atoms with van der Waals surface area (Å²) in [4.78, 5) is 0. The van der Waals surface area contributed by atoms with Crippen LogP contribution >= 0.6 is 0 Å². The van der Waals surface area contributed by atoms with E-state index in [2.05, 4.69) is 10.0 Å². The first-order valence-corrected chi connectivity index (χ1v) is 8.01. The fraction of sp³-hybridized carbons (Fsp3) is 1.00. The van der Waals surface area contributed by atoms with Crippen LogP contribution in [0.4, 0.5) is 0 Å². The highest BCUT2D eigenvalue weighted by Gasteiger charge is 2.27. The van der Waals surface area contributed by atoms with E-state index in [1.54, 1.807) is 4.31 Å². The predicted molar refractivity (Wildman–Crippen MR) is 71.6 cm³/mol. The van der Waals surface area contributed by atoms with Crippen molar-refractivity contribution in [2.45, 2.75) is 19.8 Å². The summed E-state index contributed by atoms with van der Waals surface area (Å²) in [5.74, 6) is 0.409. The second-order valence-corrected chi connectivity index (χ2v) is 6.28. The van der Waals surface area contributed by atoms with Crippen molar-refractivity contribution in [3.8, 4) is 0 Å². The van der Waals surface area contributed by atoms with Crippen LogP contribution in [0.15, 0.2) is 0 Å². The third kappa shape index (κ3) is 5.19. The molecule has 0 aromatic carbocycles. The molecule has 0 radical (unpaired) electrons. The monoisotopic (exact) mass is 279 g/mol. The Balaban J connectivity index is 2.40. The average Bonchev–Trinajstić information content (AvgIpc) is 2.36. The molecule has 7 heteroatoms. The first-order chi connectivity index (χ1) is 8.60. The molecule has 1 aliphatic heterocycles. The van der Waals surface area contributed by atoms with Crippen molar-refractivity contribution in [3.63, 3.8) is 0 Å². The Morgan fingerprint density at radius 2 is 2.22 bits per heavy atom. The number of nitrogens with zero attached hydrogens (tertiary/aromatic N) is 1. The Morgan fingerprint density at radius 1 is 1.44 bits per heavy atom. The third-order valence-corrected chi connectivity index (χ3v) is 4.63. The van der Waals surface area contributed by atoms with Crippen molar-refractivity contribution in [1.82, 2.24) is 14.3 Å². The molecule has 0 saturated carbocycles. The minimum Gasteiger partial charge on any atom is -0.380 e. The summed E-state index contributed by atoms with van der Waals surface area (Å²) in [6.07, 6.45) is 2.02. The van der Waals surface area contributed by atoms with E-state index >= 15 is 0 Å². The van der Waals surface area contributed by atoms with Gasteiger partial charge in [0, 0.05) is 26.2 Å². The van der Waals surface area contributed by atoms with E-state index in [0.717, 1.165) is 19.4 Å². The topological polar surface area (TPSA) is 70.7 Å². The fourth-order valence-electron chi connectivity index (χ4n) is 2.18. The molecule has 1 unspecified atom stereocenters. The molecule has 18 heavy (non-hydrogen) atoms. The summed E-state index contributed by atoms with van der Waals surface area (Å²) in [5, 5.41) is 3.11. The van der Waals surface area contributed by atoms with Crippen LogP contribution in [-0.2, 0) is 14.9 Å². The largest absolute Gasteiger partial charge is 0.380 e. The highest BCUT2D eigenvalue weighted by molar-refractivity contribution is 7.87. The zero-order valence-electron chi connectivity index (χ0n) is 11.3. The molecule has 108 valence electrons. The van der Waals surface area contributed by atoms with E-state index in [-0.39, 0.29) is 0 Å². The van der Waals surface area contributed by atoms with Gasteiger partial charge in [-0.1, -0.05) is 0 Å². The predicted octanol–water partition coefficient (Wildman–Crippen LogP) is -0.211. The van der Waals surface area contributed by atoms with Crippen molar-refractivity contribution in [1.29, 1.82) is 0 Å². The third-order valence-electron chi connectivity index (χ3n) is 3.05. The van der Waals surface area contributed by atoms with Crippen LogP contribution in [0.1, 0.15) is 19.8 Å². The number of rotatable bonds is 8. The number of piperidine rings is 1. The molecule has 1 fully saturated rings. The molecule has 1 heterocycles. The van der Waals surface area contributed by atoms with Crippen LogP contribution in [0, 0.1) is 5.92 Å². The molecule has 1 saturated heterocycles. The number of ether oxygens (including phenoxy) is 1. The molecule has 0 aromatic rings. The molecule has 0 spiro atoms. The summed E-state index contributed by atoms with van der Waals surface area (Å²) in [6, 6.07) is 0. The van der Waals surface area contributed by atoms with Crippen molar-refractivity contribution < 1.29 is 13.2 Å². The van der Waals surface area contributed by atoms with E-state index in [9.17, 15) is 8.42 Å². The zero-order chi connectivity index (χ0) is 13.4. The zero-order valence-corrected chi connectivity index (χ0v) is 12.1. The highest BCUT2D eigenvalue weighted by Crippen LogP contribution is 2.17. The van der Waals surface area contributed by atoms with Gasteiger partial charge in [0.15, 0.2) is 0 Å². The van der Waals surface area contributed by atoms with Crippen LogP contribution in [0.3, 0.4) is 0 Å². The van der Waals surface area contributed by atoms with Gasteiger partial charge in [-0.05, 0) is 39.3 Å². The average molecular weight is 279 g/mol. The Labute approximate surface area is 110 Å². The van der Waals surface area contributed by atoms with Gasteiger partial charge in [0.05, 0.1) is 6.61 Å². The van der Waals surface area contributed by atoms with E-state index < -0.39 is 10.2 Å². The van der Waals surface area contributed by atoms with Crippen LogP contribution < -0.4 is 10.0 Å². The van der Waals surface area contributed by atoms with Crippen LogP contribution in [0.25, 0.3) is 0 Å². The van der Waals surface area contributed by atoms with Gasteiger partial charge in [-0.25, -0.2) is 0 Å². The van der Waals surface area contributed by atoms with Gasteiger partial charge < -0.3 is 10.1 Å². The van der Waals surface area contributed by atoms with Gasteiger partial charge in [0.1, 0.15) is 0 Å². The second kappa shape index (κ2) is 8.06. The quantitative estimate of drug-likeness (QED) is 0.603. The van der Waals surface area contributed by atoms with Crippen LogP contribution in [-0.4, -0.2) is 59.2 Å². The van der Waals surface area contributed by atoms with Crippen molar-refractivity contribution in [2.24, 2.45) is 5.92 Å². The molecule has 0 aliphatic carbocycles.